The molecule has 0 unspecified atom stereocenters. The fourth-order valence-corrected chi connectivity index (χ4v) is 3.48. The number of piperazine rings is 1. The van der Waals surface area contributed by atoms with Crippen LogP contribution in [-0.4, -0.2) is 75.3 Å². The Labute approximate surface area is 185 Å². The molecule has 0 bridgehead atoms. The Morgan fingerprint density at radius 1 is 0.969 bits per heavy atom. The second-order valence-electron chi connectivity index (χ2n) is 7.33. The summed E-state index contributed by atoms with van der Waals surface area (Å²) in [6, 6.07) is 13.2. The molecule has 3 aromatic rings. The molecule has 1 amide bonds. The topological polar surface area (TPSA) is 85.6 Å². The van der Waals surface area contributed by atoms with Crippen LogP contribution in [0.4, 0.5) is 4.39 Å². The van der Waals surface area contributed by atoms with Crippen LogP contribution in [0.2, 0.25) is 0 Å². The number of rotatable bonds is 8. The zero-order valence-corrected chi connectivity index (χ0v) is 17.9. The first kappa shape index (κ1) is 21.7. The molecule has 2 heterocycles. The van der Waals surface area contributed by atoms with Crippen molar-refractivity contribution in [2.45, 2.75) is 13.5 Å². The lowest BCUT2D eigenvalue weighted by atomic mass is 10.3. The zero-order valence-electron chi connectivity index (χ0n) is 17.9. The van der Waals surface area contributed by atoms with Crippen LogP contribution in [0.3, 0.4) is 0 Å². The Bertz CT molecular complexity index is 1020. The number of amides is 1. The summed E-state index contributed by atoms with van der Waals surface area (Å²) in [6.45, 7) is 5.67. The van der Waals surface area contributed by atoms with Gasteiger partial charge in [-0.2, -0.15) is 4.68 Å². The molecule has 32 heavy (non-hydrogen) atoms. The molecule has 4 rings (SSSR count). The molecule has 10 heteroatoms. The molecule has 0 saturated carbocycles. The molecule has 168 valence electrons. The van der Waals surface area contributed by atoms with Crippen LogP contribution in [0.15, 0.2) is 48.5 Å². The molecule has 1 saturated heterocycles. The maximum atomic E-state index is 13.0. The average molecular weight is 440 g/mol. The molecule has 0 spiro atoms. The molecule has 0 N–H and O–H groups in total. The number of aromatic nitrogens is 4. The quantitative estimate of drug-likeness (QED) is 0.529. The predicted octanol–water partition coefficient (Wildman–Crippen LogP) is 1.92. The number of tetrazole rings is 1. The molecule has 2 aromatic carbocycles. The molecule has 0 radical (unpaired) electrons. The van der Waals surface area contributed by atoms with Crippen molar-refractivity contribution in [3.05, 3.63) is 60.2 Å². The molecule has 1 aliphatic rings. The van der Waals surface area contributed by atoms with Crippen LogP contribution in [0, 0.1) is 5.82 Å². The monoisotopic (exact) mass is 440 g/mol. The van der Waals surface area contributed by atoms with Crippen LogP contribution in [-0.2, 0) is 11.3 Å². The van der Waals surface area contributed by atoms with E-state index in [4.69, 9.17) is 9.47 Å². The van der Waals surface area contributed by atoms with Crippen molar-refractivity contribution < 1.29 is 18.7 Å². The highest BCUT2D eigenvalue weighted by Crippen LogP contribution is 2.17. The molecule has 0 atom stereocenters. The van der Waals surface area contributed by atoms with E-state index >= 15 is 0 Å². The van der Waals surface area contributed by atoms with Gasteiger partial charge in [-0.3, -0.25) is 9.69 Å². The van der Waals surface area contributed by atoms with Gasteiger partial charge < -0.3 is 14.4 Å². The summed E-state index contributed by atoms with van der Waals surface area (Å²) in [4.78, 5) is 16.4. The summed E-state index contributed by atoms with van der Waals surface area (Å²) in [6.07, 6.45) is 0. The van der Waals surface area contributed by atoms with E-state index in [1.54, 1.807) is 9.58 Å². The number of nitrogens with zero attached hydrogens (tertiary/aromatic N) is 6. The van der Waals surface area contributed by atoms with Crippen molar-refractivity contribution in [2.75, 3.05) is 39.4 Å². The van der Waals surface area contributed by atoms with Crippen molar-refractivity contribution in [3.63, 3.8) is 0 Å². The first-order valence-electron chi connectivity index (χ1n) is 10.5. The highest BCUT2D eigenvalue weighted by atomic mass is 19.1. The summed E-state index contributed by atoms with van der Waals surface area (Å²) in [5, 5.41) is 12.1. The molecule has 1 aromatic heterocycles. The third-order valence-electron chi connectivity index (χ3n) is 5.19. The summed E-state index contributed by atoms with van der Waals surface area (Å²) < 4.78 is 25.6. The van der Waals surface area contributed by atoms with Crippen LogP contribution >= 0.6 is 0 Å². The Morgan fingerprint density at radius 3 is 2.31 bits per heavy atom. The van der Waals surface area contributed by atoms with Gasteiger partial charge in [-0.15, -0.1) is 5.10 Å². The van der Waals surface area contributed by atoms with Gasteiger partial charge in [0.1, 0.15) is 17.3 Å². The third kappa shape index (κ3) is 5.38. The molecular formula is C22H25FN6O3. The van der Waals surface area contributed by atoms with E-state index < -0.39 is 0 Å². The van der Waals surface area contributed by atoms with Crippen molar-refractivity contribution >= 4 is 5.91 Å². The summed E-state index contributed by atoms with van der Waals surface area (Å²) >= 11 is 0. The minimum Gasteiger partial charge on any atom is -0.494 e. The Kier molecular flexibility index (Phi) is 6.90. The van der Waals surface area contributed by atoms with Crippen molar-refractivity contribution in [3.8, 4) is 17.2 Å². The Hall–Kier alpha value is -3.53. The van der Waals surface area contributed by atoms with E-state index in [-0.39, 0.29) is 18.3 Å². The molecule has 9 nitrogen and oxygen atoms in total. The van der Waals surface area contributed by atoms with Gasteiger partial charge in [-0.25, -0.2) is 4.39 Å². The fourth-order valence-electron chi connectivity index (χ4n) is 3.48. The smallest absolute Gasteiger partial charge is 0.260 e. The highest BCUT2D eigenvalue weighted by molar-refractivity contribution is 5.77. The van der Waals surface area contributed by atoms with Crippen LogP contribution < -0.4 is 9.47 Å². The summed E-state index contributed by atoms with van der Waals surface area (Å²) in [5.41, 5.74) is 0.861. The summed E-state index contributed by atoms with van der Waals surface area (Å²) in [7, 11) is 0. The SMILES string of the molecule is CCOc1ccc(-n2nnnc2CN2CCN(C(=O)COc3ccc(F)cc3)CC2)cc1. The van der Waals surface area contributed by atoms with Gasteiger partial charge in [0.05, 0.1) is 18.8 Å². The molecule has 1 fully saturated rings. The van der Waals surface area contributed by atoms with Crippen molar-refractivity contribution in [1.29, 1.82) is 0 Å². The fraction of sp³-hybridized carbons (Fsp3) is 0.364. The van der Waals surface area contributed by atoms with Gasteiger partial charge in [-0.05, 0) is 65.9 Å². The predicted molar refractivity (Wildman–Crippen MR) is 114 cm³/mol. The van der Waals surface area contributed by atoms with Crippen LogP contribution in [0.25, 0.3) is 5.69 Å². The minimum absolute atomic E-state index is 0.0678. The standard InChI is InChI=1S/C22H25FN6O3/c1-2-31-19-9-5-18(6-10-19)29-21(24-25-26-29)15-27-11-13-28(14-12-27)22(30)16-32-20-7-3-17(23)4-8-20/h3-10H,2,11-16H2,1H3. The van der Waals surface area contributed by atoms with Crippen LogP contribution in [0.1, 0.15) is 12.7 Å². The number of hydrogen-bond acceptors (Lipinski definition) is 7. The van der Waals surface area contributed by atoms with Gasteiger partial charge in [-0.1, -0.05) is 0 Å². The zero-order chi connectivity index (χ0) is 22.3. The van der Waals surface area contributed by atoms with Gasteiger partial charge in [0.2, 0.25) is 0 Å². The second-order valence-corrected chi connectivity index (χ2v) is 7.33. The number of halogens is 1. The summed E-state index contributed by atoms with van der Waals surface area (Å²) in [5.74, 6) is 1.57. The van der Waals surface area contributed by atoms with Gasteiger partial charge in [0.25, 0.3) is 5.91 Å². The number of carbonyl (C=O) groups excluding carboxylic acids is 1. The number of benzene rings is 2. The van der Waals surface area contributed by atoms with E-state index in [0.717, 1.165) is 17.3 Å². The second kappa shape index (κ2) is 10.2. The van der Waals surface area contributed by atoms with E-state index in [0.29, 0.717) is 45.1 Å². The van der Waals surface area contributed by atoms with E-state index in [2.05, 4.69) is 20.4 Å². The molecule has 1 aliphatic heterocycles. The number of hydrogen-bond donors (Lipinski definition) is 0. The Balaban J connectivity index is 1.27. The highest BCUT2D eigenvalue weighted by Gasteiger charge is 2.23. The minimum atomic E-state index is -0.339. The van der Waals surface area contributed by atoms with E-state index in [1.807, 2.05) is 31.2 Å². The molecular weight excluding hydrogens is 415 g/mol. The number of ether oxygens (including phenoxy) is 2. The maximum Gasteiger partial charge on any atom is 0.260 e. The Morgan fingerprint density at radius 2 is 1.62 bits per heavy atom. The van der Waals surface area contributed by atoms with Gasteiger partial charge in [0.15, 0.2) is 12.4 Å². The van der Waals surface area contributed by atoms with E-state index in [9.17, 15) is 9.18 Å². The first-order chi connectivity index (χ1) is 15.6. The van der Waals surface area contributed by atoms with Crippen molar-refractivity contribution in [2.24, 2.45) is 0 Å². The third-order valence-corrected chi connectivity index (χ3v) is 5.19. The van der Waals surface area contributed by atoms with Crippen molar-refractivity contribution in [1.82, 2.24) is 30.0 Å². The lowest BCUT2D eigenvalue weighted by molar-refractivity contribution is -0.135. The average Bonchev–Trinajstić information content (AvgIpc) is 3.28. The first-order valence-corrected chi connectivity index (χ1v) is 10.5. The normalized spacial score (nSPS) is 14.4. The largest absolute Gasteiger partial charge is 0.494 e. The molecule has 0 aliphatic carbocycles. The maximum absolute atomic E-state index is 13.0. The van der Waals surface area contributed by atoms with Gasteiger partial charge in [0, 0.05) is 26.2 Å². The lowest BCUT2D eigenvalue weighted by Gasteiger charge is -2.34. The lowest BCUT2D eigenvalue weighted by Crippen LogP contribution is -2.49. The number of carbonyl (C=O) groups is 1. The van der Waals surface area contributed by atoms with Gasteiger partial charge >= 0.3 is 0 Å². The van der Waals surface area contributed by atoms with Crippen LogP contribution in [0.5, 0.6) is 11.5 Å². The van der Waals surface area contributed by atoms with E-state index in [1.165, 1.54) is 24.3 Å².